The number of amides is 1. The van der Waals surface area contributed by atoms with Crippen LogP contribution >= 0.6 is 11.8 Å². The Morgan fingerprint density at radius 3 is 2.50 bits per heavy atom. The molecule has 1 amide bonds. The number of nitrogens with one attached hydrogen (secondary N) is 1. The molecule has 0 fully saturated rings. The van der Waals surface area contributed by atoms with Gasteiger partial charge in [-0.25, -0.2) is 0 Å². The van der Waals surface area contributed by atoms with Crippen molar-refractivity contribution in [2.45, 2.75) is 24.4 Å². The largest absolute Gasteiger partial charge is 0.417 e. The molecule has 1 rings (SSSR count). The number of alkyl halides is 3. The molecule has 1 aromatic rings. The van der Waals surface area contributed by atoms with Crippen molar-refractivity contribution in [2.75, 3.05) is 12.9 Å². The Morgan fingerprint density at radius 1 is 1.40 bits per heavy atom. The summed E-state index contributed by atoms with van der Waals surface area (Å²) < 4.78 is 38.4. The molecule has 0 aromatic heterocycles. The Bertz CT molecular complexity index is 461. The summed E-state index contributed by atoms with van der Waals surface area (Å²) in [4.78, 5) is 12.0. The lowest BCUT2D eigenvalue weighted by atomic mass is 10.1. The van der Waals surface area contributed by atoms with Gasteiger partial charge in [-0.05, 0) is 25.3 Å². The third-order valence-corrected chi connectivity index (χ3v) is 4.04. The molecule has 20 heavy (non-hydrogen) atoms. The number of benzene rings is 1. The van der Waals surface area contributed by atoms with Crippen LogP contribution in [0, 0.1) is 0 Å². The Labute approximate surface area is 119 Å². The number of thioether (sulfide) groups is 1. The molecule has 0 radical (unpaired) electrons. The zero-order valence-corrected chi connectivity index (χ0v) is 11.9. The third kappa shape index (κ3) is 4.14. The average molecular weight is 307 g/mol. The van der Waals surface area contributed by atoms with E-state index in [1.54, 1.807) is 13.2 Å². The molecule has 112 valence electrons. The van der Waals surface area contributed by atoms with Crippen LogP contribution in [-0.2, 0) is 6.18 Å². The van der Waals surface area contributed by atoms with Crippen LogP contribution in [0.2, 0.25) is 0 Å². The lowest BCUT2D eigenvalue weighted by Crippen LogP contribution is -2.41. The van der Waals surface area contributed by atoms with E-state index in [-0.39, 0.29) is 11.9 Å². The van der Waals surface area contributed by atoms with Gasteiger partial charge in [0, 0.05) is 11.3 Å². The van der Waals surface area contributed by atoms with Crippen LogP contribution in [0.4, 0.5) is 13.2 Å². The van der Waals surface area contributed by atoms with Gasteiger partial charge in [0.15, 0.2) is 0 Å². The normalized spacial score (nSPS) is 14.7. The maximum absolute atomic E-state index is 12.8. The maximum Gasteiger partial charge on any atom is 0.417 e. The molecule has 0 saturated heterocycles. The fraction of sp³-hybridized carbons (Fsp3) is 0.462. The number of rotatable bonds is 5. The summed E-state index contributed by atoms with van der Waals surface area (Å²) in [7, 11) is 0. The molecule has 0 aliphatic rings. The summed E-state index contributed by atoms with van der Waals surface area (Å²) in [6.07, 6.45) is -2.82. The second-order valence-electron chi connectivity index (χ2n) is 4.26. The van der Waals surface area contributed by atoms with Gasteiger partial charge in [0.25, 0.3) is 5.91 Å². The summed E-state index contributed by atoms with van der Waals surface area (Å²) >= 11 is 1.34. The first-order valence-corrected chi connectivity index (χ1v) is 7.20. The van der Waals surface area contributed by atoms with Crippen LogP contribution in [0.1, 0.15) is 22.8 Å². The third-order valence-electron chi connectivity index (χ3n) is 2.88. The number of carbonyl (C=O) groups is 1. The van der Waals surface area contributed by atoms with Gasteiger partial charge in [0.1, 0.15) is 0 Å². The number of hydrogen-bond donors (Lipinski definition) is 2. The number of carbonyl (C=O) groups excluding carboxylic acids is 1. The summed E-state index contributed by atoms with van der Waals surface area (Å²) in [5.41, 5.74) is -1.38. The van der Waals surface area contributed by atoms with E-state index in [0.29, 0.717) is 0 Å². The number of hydrogen-bond acceptors (Lipinski definition) is 3. The molecule has 2 unspecified atom stereocenters. The first-order valence-electron chi connectivity index (χ1n) is 5.92. The predicted octanol–water partition coefficient (Wildman–Crippen LogP) is 2.55. The fourth-order valence-corrected chi connectivity index (χ4v) is 2.37. The van der Waals surface area contributed by atoms with E-state index in [9.17, 15) is 18.0 Å². The van der Waals surface area contributed by atoms with E-state index in [1.807, 2.05) is 0 Å². The Balaban J connectivity index is 2.94. The Kier molecular flexibility index (Phi) is 5.88. The standard InChI is InChI=1S/C13H16F3NO2S/c1-8(11(7-18)20-2)17-12(19)9-5-3-4-6-10(9)13(14,15)16/h3-6,8,11,18H,7H2,1-2H3,(H,17,19). The molecular weight excluding hydrogens is 291 g/mol. The molecule has 2 N–H and O–H groups in total. The highest BCUT2D eigenvalue weighted by Gasteiger charge is 2.35. The van der Waals surface area contributed by atoms with Crippen molar-refractivity contribution >= 4 is 17.7 Å². The van der Waals surface area contributed by atoms with Gasteiger partial charge < -0.3 is 10.4 Å². The molecule has 3 nitrogen and oxygen atoms in total. The minimum Gasteiger partial charge on any atom is -0.395 e. The minimum atomic E-state index is -4.58. The first-order chi connectivity index (χ1) is 9.31. The molecule has 0 heterocycles. The lowest BCUT2D eigenvalue weighted by Gasteiger charge is -2.22. The van der Waals surface area contributed by atoms with Gasteiger partial charge >= 0.3 is 6.18 Å². The quantitative estimate of drug-likeness (QED) is 0.879. The SMILES string of the molecule is CSC(CO)C(C)NC(=O)c1ccccc1C(F)(F)F. The lowest BCUT2D eigenvalue weighted by molar-refractivity contribution is -0.137. The highest BCUT2D eigenvalue weighted by molar-refractivity contribution is 7.99. The second kappa shape index (κ2) is 6.99. The van der Waals surface area contributed by atoms with Crippen LogP contribution in [-0.4, -0.2) is 35.2 Å². The van der Waals surface area contributed by atoms with E-state index >= 15 is 0 Å². The number of aliphatic hydroxyl groups excluding tert-OH is 1. The number of halogens is 3. The maximum atomic E-state index is 12.8. The predicted molar refractivity (Wildman–Crippen MR) is 72.8 cm³/mol. The fourth-order valence-electron chi connectivity index (χ4n) is 1.74. The van der Waals surface area contributed by atoms with Crippen LogP contribution in [0.25, 0.3) is 0 Å². The Morgan fingerprint density at radius 2 is 2.00 bits per heavy atom. The summed E-state index contributed by atoms with van der Waals surface area (Å²) in [5, 5.41) is 11.3. The molecule has 0 spiro atoms. The summed E-state index contributed by atoms with van der Waals surface area (Å²) in [6.45, 7) is 1.48. The molecule has 0 aliphatic carbocycles. The topological polar surface area (TPSA) is 49.3 Å². The average Bonchev–Trinajstić information content (AvgIpc) is 2.39. The molecule has 7 heteroatoms. The zero-order valence-electron chi connectivity index (χ0n) is 11.1. The van der Waals surface area contributed by atoms with Gasteiger partial charge in [-0.15, -0.1) is 0 Å². The van der Waals surface area contributed by atoms with Crippen molar-refractivity contribution in [3.8, 4) is 0 Å². The van der Waals surface area contributed by atoms with Crippen molar-refractivity contribution in [1.82, 2.24) is 5.32 Å². The Hall–Kier alpha value is -1.21. The van der Waals surface area contributed by atoms with Gasteiger partial charge in [-0.1, -0.05) is 12.1 Å². The summed E-state index contributed by atoms with van der Waals surface area (Å²) in [6, 6.07) is 4.19. The van der Waals surface area contributed by atoms with Gasteiger partial charge in [0.2, 0.25) is 0 Å². The molecule has 1 aromatic carbocycles. The van der Waals surface area contributed by atoms with Crippen molar-refractivity contribution in [3.63, 3.8) is 0 Å². The zero-order chi connectivity index (χ0) is 15.3. The van der Waals surface area contributed by atoms with Crippen LogP contribution in [0.15, 0.2) is 24.3 Å². The van der Waals surface area contributed by atoms with Crippen molar-refractivity contribution in [2.24, 2.45) is 0 Å². The molecular formula is C13H16F3NO2S. The highest BCUT2D eigenvalue weighted by Crippen LogP contribution is 2.31. The molecule has 0 saturated carbocycles. The van der Waals surface area contributed by atoms with Crippen LogP contribution in [0.3, 0.4) is 0 Å². The molecule has 2 atom stereocenters. The van der Waals surface area contributed by atoms with E-state index in [0.717, 1.165) is 12.1 Å². The van der Waals surface area contributed by atoms with Crippen LogP contribution < -0.4 is 5.32 Å². The number of aliphatic hydroxyl groups is 1. The van der Waals surface area contributed by atoms with E-state index in [4.69, 9.17) is 5.11 Å². The van der Waals surface area contributed by atoms with Crippen LogP contribution in [0.5, 0.6) is 0 Å². The van der Waals surface area contributed by atoms with Crippen molar-refractivity contribution in [1.29, 1.82) is 0 Å². The smallest absolute Gasteiger partial charge is 0.395 e. The van der Waals surface area contributed by atoms with E-state index in [2.05, 4.69) is 5.32 Å². The molecule has 0 aliphatic heterocycles. The van der Waals surface area contributed by atoms with E-state index in [1.165, 1.54) is 23.9 Å². The summed E-state index contributed by atoms with van der Waals surface area (Å²) in [5.74, 6) is -0.794. The monoisotopic (exact) mass is 307 g/mol. The first kappa shape index (κ1) is 16.8. The van der Waals surface area contributed by atoms with Crippen molar-refractivity contribution < 1.29 is 23.1 Å². The van der Waals surface area contributed by atoms with Gasteiger partial charge in [-0.2, -0.15) is 24.9 Å². The van der Waals surface area contributed by atoms with Crippen molar-refractivity contribution in [3.05, 3.63) is 35.4 Å². The van der Waals surface area contributed by atoms with E-state index < -0.39 is 29.3 Å². The van der Waals surface area contributed by atoms with Gasteiger partial charge in [0.05, 0.1) is 17.7 Å². The minimum absolute atomic E-state index is 0.163. The highest BCUT2D eigenvalue weighted by atomic mass is 32.2. The van der Waals surface area contributed by atoms with Gasteiger partial charge in [-0.3, -0.25) is 4.79 Å². The molecule has 0 bridgehead atoms. The second-order valence-corrected chi connectivity index (χ2v) is 5.34.